The molecule has 0 aliphatic rings. The van der Waals surface area contributed by atoms with Crippen molar-refractivity contribution in [2.24, 2.45) is 5.73 Å². The summed E-state index contributed by atoms with van der Waals surface area (Å²) in [4.78, 5) is 0. The third kappa shape index (κ3) is 3.21. The SMILES string of the molecule is NC=CCNCc1ccccc1. The molecule has 0 fully saturated rings. The first-order valence-electron chi connectivity index (χ1n) is 4.05. The average Bonchev–Trinajstić information content (AvgIpc) is 2.14. The maximum Gasteiger partial charge on any atom is 0.0208 e. The Morgan fingerprint density at radius 1 is 1.25 bits per heavy atom. The summed E-state index contributed by atoms with van der Waals surface area (Å²) in [5, 5.41) is 3.24. The predicted molar refractivity (Wildman–Crippen MR) is 51.5 cm³/mol. The molecular weight excluding hydrogens is 148 g/mol. The van der Waals surface area contributed by atoms with Crippen molar-refractivity contribution in [3.05, 3.63) is 48.2 Å². The van der Waals surface area contributed by atoms with Gasteiger partial charge in [0.2, 0.25) is 0 Å². The largest absolute Gasteiger partial charge is 0.405 e. The van der Waals surface area contributed by atoms with Gasteiger partial charge < -0.3 is 11.1 Å². The van der Waals surface area contributed by atoms with E-state index in [1.54, 1.807) is 6.20 Å². The van der Waals surface area contributed by atoms with Crippen LogP contribution in [0.1, 0.15) is 5.56 Å². The Hall–Kier alpha value is -1.28. The molecule has 0 amide bonds. The standard InChI is InChI=1S/C10H14N2/c11-7-4-8-12-9-10-5-2-1-3-6-10/h1-7,12H,8-9,11H2. The zero-order valence-electron chi connectivity index (χ0n) is 7.03. The van der Waals surface area contributed by atoms with Crippen molar-refractivity contribution < 1.29 is 0 Å². The van der Waals surface area contributed by atoms with Crippen molar-refractivity contribution in [1.29, 1.82) is 0 Å². The summed E-state index contributed by atoms with van der Waals surface area (Å²) < 4.78 is 0. The summed E-state index contributed by atoms with van der Waals surface area (Å²) in [5.41, 5.74) is 6.48. The van der Waals surface area contributed by atoms with E-state index in [2.05, 4.69) is 17.4 Å². The van der Waals surface area contributed by atoms with E-state index in [4.69, 9.17) is 5.73 Å². The van der Waals surface area contributed by atoms with Crippen LogP contribution >= 0.6 is 0 Å². The second kappa shape index (κ2) is 5.38. The molecule has 0 saturated carbocycles. The lowest BCUT2D eigenvalue weighted by Crippen LogP contribution is -2.12. The first kappa shape index (κ1) is 8.81. The lowest BCUT2D eigenvalue weighted by Gasteiger charge is -2.00. The van der Waals surface area contributed by atoms with Crippen LogP contribution in [0, 0.1) is 0 Å². The van der Waals surface area contributed by atoms with Crippen molar-refractivity contribution >= 4 is 0 Å². The van der Waals surface area contributed by atoms with Gasteiger partial charge in [0.15, 0.2) is 0 Å². The number of rotatable bonds is 4. The molecule has 64 valence electrons. The van der Waals surface area contributed by atoms with Crippen LogP contribution in [-0.2, 0) is 6.54 Å². The van der Waals surface area contributed by atoms with E-state index in [0.717, 1.165) is 13.1 Å². The van der Waals surface area contributed by atoms with Crippen molar-refractivity contribution in [3.63, 3.8) is 0 Å². The fourth-order valence-corrected chi connectivity index (χ4v) is 0.964. The zero-order valence-corrected chi connectivity index (χ0v) is 7.03. The molecule has 0 unspecified atom stereocenters. The van der Waals surface area contributed by atoms with E-state index >= 15 is 0 Å². The molecule has 0 atom stereocenters. The summed E-state index contributed by atoms with van der Waals surface area (Å²) in [6, 6.07) is 10.3. The number of nitrogens with one attached hydrogen (secondary N) is 1. The van der Waals surface area contributed by atoms with Crippen LogP contribution in [0.2, 0.25) is 0 Å². The third-order valence-corrected chi connectivity index (χ3v) is 1.57. The molecule has 0 aromatic heterocycles. The van der Waals surface area contributed by atoms with Crippen molar-refractivity contribution in [1.82, 2.24) is 5.32 Å². The van der Waals surface area contributed by atoms with Gasteiger partial charge in [0.05, 0.1) is 0 Å². The molecular formula is C10H14N2. The van der Waals surface area contributed by atoms with Crippen LogP contribution in [0.4, 0.5) is 0 Å². The highest BCUT2D eigenvalue weighted by Gasteiger charge is 1.86. The molecule has 0 aliphatic carbocycles. The number of nitrogens with two attached hydrogens (primary N) is 1. The van der Waals surface area contributed by atoms with Gasteiger partial charge in [-0.05, 0) is 11.8 Å². The number of benzene rings is 1. The van der Waals surface area contributed by atoms with E-state index in [1.165, 1.54) is 5.56 Å². The molecule has 0 radical (unpaired) electrons. The average molecular weight is 162 g/mol. The second-order valence-electron chi connectivity index (χ2n) is 2.54. The summed E-state index contributed by atoms with van der Waals surface area (Å²) in [7, 11) is 0. The molecule has 2 heteroatoms. The molecule has 1 aromatic rings. The van der Waals surface area contributed by atoms with E-state index in [9.17, 15) is 0 Å². The van der Waals surface area contributed by atoms with E-state index in [-0.39, 0.29) is 0 Å². The van der Waals surface area contributed by atoms with Gasteiger partial charge in [0.1, 0.15) is 0 Å². The number of hydrogen-bond acceptors (Lipinski definition) is 2. The minimum Gasteiger partial charge on any atom is -0.405 e. The zero-order chi connectivity index (χ0) is 8.65. The topological polar surface area (TPSA) is 38.0 Å². The van der Waals surface area contributed by atoms with Gasteiger partial charge in [-0.1, -0.05) is 36.4 Å². The molecule has 1 rings (SSSR count). The van der Waals surface area contributed by atoms with Gasteiger partial charge in [-0.15, -0.1) is 0 Å². The molecule has 1 aromatic carbocycles. The maximum absolute atomic E-state index is 5.19. The van der Waals surface area contributed by atoms with Crippen LogP contribution in [0.5, 0.6) is 0 Å². The van der Waals surface area contributed by atoms with Crippen molar-refractivity contribution in [2.75, 3.05) is 6.54 Å². The quantitative estimate of drug-likeness (QED) is 0.654. The summed E-state index contributed by atoms with van der Waals surface area (Å²) in [6.45, 7) is 1.72. The fraction of sp³-hybridized carbons (Fsp3) is 0.200. The van der Waals surface area contributed by atoms with Crippen molar-refractivity contribution in [2.45, 2.75) is 6.54 Å². The lowest BCUT2D eigenvalue weighted by atomic mass is 10.2. The van der Waals surface area contributed by atoms with Gasteiger partial charge in [0, 0.05) is 13.1 Å². The molecule has 0 spiro atoms. The van der Waals surface area contributed by atoms with E-state index < -0.39 is 0 Å². The first-order chi connectivity index (χ1) is 5.93. The van der Waals surface area contributed by atoms with Crippen LogP contribution in [0.25, 0.3) is 0 Å². The minimum atomic E-state index is 0.825. The highest BCUT2D eigenvalue weighted by Crippen LogP contribution is 1.96. The smallest absolute Gasteiger partial charge is 0.0208 e. The Morgan fingerprint density at radius 3 is 2.67 bits per heavy atom. The lowest BCUT2D eigenvalue weighted by molar-refractivity contribution is 0.759. The van der Waals surface area contributed by atoms with Gasteiger partial charge >= 0.3 is 0 Å². The molecule has 12 heavy (non-hydrogen) atoms. The molecule has 0 bridgehead atoms. The first-order valence-corrected chi connectivity index (χ1v) is 4.05. The Balaban J connectivity index is 2.24. The fourth-order valence-electron chi connectivity index (χ4n) is 0.964. The monoisotopic (exact) mass is 162 g/mol. The maximum atomic E-state index is 5.19. The molecule has 0 saturated heterocycles. The minimum absolute atomic E-state index is 0.825. The van der Waals surface area contributed by atoms with Crippen molar-refractivity contribution in [3.8, 4) is 0 Å². The Morgan fingerprint density at radius 2 is 2.00 bits per heavy atom. The highest BCUT2D eigenvalue weighted by atomic mass is 14.8. The Labute approximate surface area is 73.1 Å². The molecule has 2 nitrogen and oxygen atoms in total. The van der Waals surface area contributed by atoms with Gasteiger partial charge in [0.25, 0.3) is 0 Å². The molecule has 0 heterocycles. The Kier molecular flexibility index (Phi) is 3.95. The summed E-state index contributed by atoms with van der Waals surface area (Å²) in [6.07, 6.45) is 3.45. The summed E-state index contributed by atoms with van der Waals surface area (Å²) in [5.74, 6) is 0. The van der Waals surface area contributed by atoms with Gasteiger partial charge in [-0.3, -0.25) is 0 Å². The molecule has 3 N–H and O–H groups in total. The van der Waals surface area contributed by atoms with Gasteiger partial charge in [-0.2, -0.15) is 0 Å². The highest BCUT2D eigenvalue weighted by molar-refractivity contribution is 5.14. The van der Waals surface area contributed by atoms with Gasteiger partial charge in [-0.25, -0.2) is 0 Å². The van der Waals surface area contributed by atoms with Crippen LogP contribution in [0.15, 0.2) is 42.6 Å². The number of hydrogen-bond donors (Lipinski definition) is 2. The molecule has 0 aliphatic heterocycles. The second-order valence-corrected chi connectivity index (χ2v) is 2.54. The van der Waals surface area contributed by atoms with E-state index in [1.807, 2.05) is 24.3 Å². The van der Waals surface area contributed by atoms with Crippen LogP contribution < -0.4 is 11.1 Å². The third-order valence-electron chi connectivity index (χ3n) is 1.57. The predicted octanol–water partition coefficient (Wildman–Crippen LogP) is 1.25. The van der Waals surface area contributed by atoms with Crippen LogP contribution in [0.3, 0.4) is 0 Å². The van der Waals surface area contributed by atoms with E-state index in [0.29, 0.717) is 0 Å². The summed E-state index contributed by atoms with van der Waals surface area (Å²) >= 11 is 0. The Bertz CT molecular complexity index is 229. The van der Waals surface area contributed by atoms with Crippen LogP contribution in [-0.4, -0.2) is 6.54 Å². The normalized spacial score (nSPS) is 10.7.